The first-order valence-electron chi connectivity index (χ1n) is 6.16. The number of aliphatic hydroxyl groups excluding tert-OH is 1. The van der Waals surface area contributed by atoms with Gasteiger partial charge in [-0.05, 0) is 22.6 Å². The Morgan fingerprint density at radius 2 is 1.72 bits per heavy atom. The third-order valence-corrected chi connectivity index (χ3v) is 3.23. The summed E-state index contributed by atoms with van der Waals surface area (Å²) in [5, 5.41) is 14.4. The van der Waals surface area contributed by atoms with Gasteiger partial charge in [0.05, 0.1) is 5.69 Å². The van der Waals surface area contributed by atoms with E-state index in [0.717, 1.165) is 11.3 Å². The molecular formula is C15H20N2O. The van der Waals surface area contributed by atoms with Crippen molar-refractivity contribution < 1.29 is 5.11 Å². The molecule has 0 aliphatic rings. The molecule has 1 atom stereocenters. The molecule has 1 unspecified atom stereocenters. The van der Waals surface area contributed by atoms with Crippen molar-refractivity contribution in [3.63, 3.8) is 0 Å². The van der Waals surface area contributed by atoms with Gasteiger partial charge in [0.25, 0.3) is 0 Å². The predicted octanol–water partition coefficient (Wildman–Crippen LogP) is 2.80. The molecule has 0 aliphatic carbocycles. The van der Waals surface area contributed by atoms with Gasteiger partial charge in [0.15, 0.2) is 0 Å². The van der Waals surface area contributed by atoms with E-state index in [4.69, 9.17) is 0 Å². The van der Waals surface area contributed by atoms with Crippen LogP contribution < -0.4 is 0 Å². The van der Waals surface area contributed by atoms with E-state index in [9.17, 15) is 5.11 Å². The summed E-state index contributed by atoms with van der Waals surface area (Å²) in [6, 6.07) is 9.96. The maximum Gasteiger partial charge on any atom is 0.121 e. The molecule has 0 saturated carbocycles. The van der Waals surface area contributed by atoms with Crippen LogP contribution in [0.25, 0.3) is 0 Å². The lowest BCUT2D eigenvalue weighted by Crippen LogP contribution is -2.11. The van der Waals surface area contributed by atoms with E-state index < -0.39 is 6.10 Å². The largest absolute Gasteiger partial charge is 0.382 e. The third kappa shape index (κ3) is 2.46. The molecule has 0 amide bonds. The molecule has 1 N–H and O–H groups in total. The fourth-order valence-corrected chi connectivity index (χ4v) is 1.99. The average molecular weight is 244 g/mol. The van der Waals surface area contributed by atoms with Crippen LogP contribution in [0.1, 0.15) is 43.7 Å². The second-order valence-corrected chi connectivity index (χ2v) is 5.65. The molecule has 1 heterocycles. The van der Waals surface area contributed by atoms with Crippen molar-refractivity contribution in [3.05, 3.63) is 53.3 Å². The van der Waals surface area contributed by atoms with Crippen LogP contribution in [0.15, 0.2) is 36.5 Å². The van der Waals surface area contributed by atoms with E-state index in [0.29, 0.717) is 0 Å². The van der Waals surface area contributed by atoms with E-state index in [1.165, 1.54) is 5.56 Å². The number of aryl methyl sites for hydroxylation is 1. The van der Waals surface area contributed by atoms with Gasteiger partial charge in [-0.25, -0.2) is 0 Å². The van der Waals surface area contributed by atoms with Crippen molar-refractivity contribution in [2.24, 2.45) is 7.05 Å². The highest BCUT2D eigenvalue weighted by atomic mass is 16.3. The van der Waals surface area contributed by atoms with Crippen molar-refractivity contribution in [2.45, 2.75) is 32.3 Å². The average Bonchev–Trinajstić information content (AvgIpc) is 2.73. The normalized spacial score (nSPS) is 13.6. The number of hydrogen-bond donors (Lipinski definition) is 1. The second-order valence-electron chi connectivity index (χ2n) is 5.65. The van der Waals surface area contributed by atoms with Crippen molar-refractivity contribution in [1.82, 2.24) is 9.78 Å². The summed E-state index contributed by atoms with van der Waals surface area (Å²) in [5.74, 6) is 0. The minimum absolute atomic E-state index is 0.135. The zero-order valence-corrected chi connectivity index (χ0v) is 11.4. The van der Waals surface area contributed by atoms with Crippen molar-refractivity contribution in [2.75, 3.05) is 0 Å². The van der Waals surface area contributed by atoms with Crippen LogP contribution in [0.5, 0.6) is 0 Å². The molecule has 0 aliphatic heterocycles. The van der Waals surface area contributed by atoms with Crippen LogP contribution in [-0.2, 0) is 12.5 Å². The Balaban J connectivity index is 2.28. The van der Waals surface area contributed by atoms with Crippen LogP contribution >= 0.6 is 0 Å². The molecule has 1 aromatic carbocycles. The molecule has 3 heteroatoms. The SMILES string of the molecule is Cn1nccc1C(O)c1ccc(C(C)(C)C)cc1. The van der Waals surface area contributed by atoms with Gasteiger partial charge in [-0.2, -0.15) is 5.10 Å². The third-order valence-electron chi connectivity index (χ3n) is 3.23. The van der Waals surface area contributed by atoms with E-state index in [2.05, 4.69) is 38.0 Å². The molecule has 0 radical (unpaired) electrons. The maximum absolute atomic E-state index is 10.3. The number of aliphatic hydroxyl groups is 1. The highest BCUT2D eigenvalue weighted by Gasteiger charge is 2.16. The summed E-state index contributed by atoms with van der Waals surface area (Å²) in [7, 11) is 1.84. The lowest BCUT2D eigenvalue weighted by molar-refractivity contribution is 0.209. The summed E-state index contributed by atoms with van der Waals surface area (Å²) >= 11 is 0. The highest BCUT2D eigenvalue weighted by Crippen LogP contribution is 2.26. The minimum Gasteiger partial charge on any atom is -0.382 e. The monoisotopic (exact) mass is 244 g/mol. The quantitative estimate of drug-likeness (QED) is 0.882. The Hall–Kier alpha value is -1.61. The zero-order valence-electron chi connectivity index (χ0n) is 11.4. The van der Waals surface area contributed by atoms with Crippen LogP contribution in [0.3, 0.4) is 0 Å². The Morgan fingerprint density at radius 3 is 2.17 bits per heavy atom. The molecular weight excluding hydrogens is 224 g/mol. The van der Waals surface area contributed by atoms with Gasteiger partial charge in [0, 0.05) is 13.2 Å². The zero-order chi connectivity index (χ0) is 13.3. The highest BCUT2D eigenvalue weighted by molar-refractivity contribution is 5.31. The second kappa shape index (κ2) is 4.58. The topological polar surface area (TPSA) is 38.0 Å². The maximum atomic E-state index is 10.3. The smallest absolute Gasteiger partial charge is 0.121 e. The van der Waals surface area contributed by atoms with Crippen LogP contribution in [0.4, 0.5) is 0 Å². The fourth-order valence-electron chi connectivity index (χ4n) is 1.99. The summed E-state index contributed by atoms with van der Waals surface area (Å²) < 4.78 is 1.70. The number of rotatable bonds is 2. The van der Waals surface area contributed by atoms with Gasteiger partial charge in [0.2, 0.25) is 0 Å². The lowest BCUT2D eigenvalue weighted by atomic mass is 9.86. The molecule has 3 nitrogen and oxygen atoms in total. The number of benzene rings is 1. The van der Waals surface area contributed by atoms with Gasteiger partial charge in [0.1, 0.15) is 6.10 Å². The molecule has 18 heavy (non-hydrogen) atoms. The number of aromatic nitrogens is 2. The fraction of sp³-hybridized carbons (Fsp3) is 0.400. The number of hydrogen-bond acceptors (Lipinski definition) is 2. The summed E-state index contributed by atoms with van der Waals surface area (Å²) in [5.41, 5.74) is 3.10. The van der Waals surface area contributed by atoms with E-state index in [-0.39, 0.29) is 5.41 Å². The van der Waals surface area contributed by atoms with Crippen LogP contribution in [0.2, 0.25) is 0 Å². The molecule has 96 valence electrons. The van der Waals surface area contributed by atoms with Crippen molar-refractivity contribution >= 4 is 0 Å². The first-order chi connectivity index (χ1) is 8.39. The summed E-state index contributed by atoms with van der Waals surface area (Å²) in [6.45, 7) is 6.54. The standard InChI is InChI=1S/C15H20N2O/c1-15(2,3)12-7-5-11(6-8-12)14(18)13-9-10-16-17(13)4/h5-10,14,18H,1-4H3. The van der Waals surface area contributed by atoms with Gasteiger partial charge in [-0.15, -0.1) is 0 Å². The van der Waals surface area contributed by atoms with E-state index in [1.54, 1.807) is 10.9 Å². The molecule has 0 bridgehead atoms. The lowest BCUT2D eigenvalue weighted by Gasteiger charge is -2.20. The van der Waals surface area contributed by atoms with Gasteiger partial charge >= 0.3 is 0 Å². The Morgan fingerprint density at radius 1 is 1.11 bits per heavy atom. The molecule has 1 aromatic heterocycles. The molecule has 2 aromatic rings. The van der Waals surface area contributed by atoms with Crippen LogP contribution in [-0.4, -0.2) is 14.9 Å². The molecule has 0 fully saturated rings. The van der Waals surface area contributed by atoms with Crippen molar-refractivity contribution in [1.29, 1.82) is 0 Å². The molecule has 0 spiro atoms. The summed E-state index contributed by atoms with van der Waals surface area (Å²) in [6.07, 6.45) is 1.08. The van der Waals surface area contributed by atoms with Crippen LogP contribution in [0, 0.1) is 0 Å². The molecule has 0 saturated heterocycles. The first-order valence-corrected chi connectivity index (χ1v) is 6.16. The molecule has 2 rings (SSSR count). The summed E-state index contributed by atoms with van der Waals surface area (Å²) in [4.78, 5) is 0. The number of nitrogens with zero attached hydrogens (tertiary/aromatic N) is 2. The van der Waals surface area contributed by atoms with E-state index >= 15 is 0 Å². The minimum atomic E-state index is -0.619. The van der Waals surface area contributed by atoms with E-state index in [1.807, 2.05) is 25.2 Å². The first kappa shape index (κ1) is 12.8. The van der Waals surface area contributed by atoms with Gasteiger partial charge in [-0.3, -0.25) is 4.68 Å². The Bertz CT molecular complexity index is 520. The van der Waals surface area contributed by atoms with Gasteiger partial charge in [-0.1, -0.05) is 45.0 Å². The van der Waals surface area contributed by atoms with Crippen molar-refractivity contribution in [3.8, 4) is 0 Å². The predicted molar refractivity (Wildman–Crippen MR) is 72.4 cm³/mol. The Kier molecular flexibility index (Phi) is 3.26. The van der Waals surface area contributed by atoms with Gasteiger partial charge < -0.3 is 5.11 Å². The Labute approximate surface area is 108 Å².